The van der Waals surface area contributed by atoms with E-state index in [4.69, 9.17) is 9.47 Å². The summed E-state index contributed by atoms with van der Waals surface area (Å²) in [7, 11) is 3.09. The largest absolute Gasteiger partial charge is 0.493 e. The molecule has 0 atom stereocenters. The summed E-state index contributed by atoms with van der Waals surface area (Å²) >= 11 is 0. The Balaban J connectivity index is 3.02. The number of nitrogens with zero attached hydrogens (tertiary/aromatic N) is 2. The van der Waals surface area contributed by atoms with Crippen LogP contribution in [-0.2, 0) is 9.59 Å². The van der Waals surface area contributed by atoms with Crippen molar-refractivity contribution >= 4 is 17.5 Å². The number of amides is 2. The number of benzene rings is 1. The van der Waals surface area contributed by atoms with Gasteiger partial charge in [-0.25, -0.2) is 0 Å². The molecule has 0 aliphatic heterocycles. The third-order valence-corrected chi connectivity index (χ3v) is 3.69. The minimum absolute atomic E-state index is 0.0187. The summed E-state index contributed by atoms with van der Waals surface area (Å²) < 4.78 is 10.5. The maximum atomic E-state index is 12.6. The summed E-state index contributed by atoms with van der Waals surface area (Å²) in [6.45, 7) is 6.94. The first-order valence-corrected chi connectivity index (χ1v) is 8.26. The average Bonchev–Trinajstić information content (AvgIpc) is 2.58. The van der Waals surface area contributed by atoms with Crippen molar-refractivity contribution in [2.45, 2.75) is 33.6 Å². The summed E-state index contributed by atoms with van der Waals surface area (Å²) in [6, 6.07) is 5.18. The van der Waals surface area contributed by atoms with E-state index in [9.17, 15) is 9.59 Å². The van der Waals surface area contributed by atoms with Gasteiger partial charge in [0.25, 0.3) is 0 Å². The Morgan fingerprint density at radius 1 is 1.00 bits per heavy atom. The Hall–Kier alpha value is -2.24. The fourth-order valence-corrected chi connectivity index (χ4v) is 2.51. The molecule has 2 amide bonds. The monoisotopic (exact) mass is 336 g/mol. The van der Waals surface area contributed by atoms with Gasteiger partial charge in [0, 0.05) is 31.8 Å². The van der Waals surface area contributed by atoms with Crippen LogP contribution in [0.25, 0.3) is 0 Å². The summed E-state index contributed by atoms with van der Waals surface area (Å²) in [5.41, 5.74) is 0.612. The van der Waals surface area contributed by atoms with E-state index in [1.807, 2.05) is 13.8 Å². The SMILES string of the molecule is CCCN(CCC)C(=O)CN(C(C)=O)c1ccc(OC)c(OC)c1. The van der Waals surface area contributed by atoms with Crippen LogP contribution in [0.5, 0.6) is 11.5 Å². The fraction of sp³-hybridized carbons (Fsp3) is 0.556. The number of rotatable bonds is 9. The van der Waals surface area contributed by atoms with Crippen LogP contribution >= 0.6 is 0 Å². The molecular weight excluding hydrogens is 308 g/mol. The molecule has 0 unspecified atom stereocenters. The first kappa shape index (κ1) is 19.8. The second-order valence-electron chi connectivity index (χ2n) is 5.53. The van der Waals surface area contributed by atoms with Crippen LogP contribution in [0.4, 0.5) is 5.69 Å². The first-order valence-electron chi connectivity index (χ1n) is 8.26. The van der Waals surface area contributed by atoms with Gasteiger partial charge < -0.3 is 19.3 Å². The molecule has 6 heteroatoms. The van der Waals surface area contributed by atoms with Crippen molar-refractivity contribution in [3.05, 3.63) is 18.2 Å². The zero-order valence-corrected chi connectivity index (χ0v) is 15.3. The molecule has 0 bridgehead atoms. The molecule has 0 spiro atoms. The van der Waals surface area contributed by atoms with Crippen molar-refractivity contribution < 1.29 is 19.1 Å². The number of carbonyl (C=O) groups excluding carboxylic acids is 2. The second kappa shape index (κ2) is 9.80. The van der Waals surface area contributed by atoms with Crippen LogP contribution in [0, 0.1) is 0 Å². The molecule has 0 saturated heterocycles. The van der Waals surface area contributed by atoms with Crippen molar-refractivity contribution in [1.29, 1.82) is 0 Å². The van der Waals surface area contributed by atoms with Crippen molar-refractivity contribution in [2.75, 3.05) is 38.8 Å². The van der Waals surface area contributed by atoms with Crippen LogP contribution in [0.1, 0.15) is 33.6 Å². The Morgan fingerprint density at radius 3 is 2.04 bits per heavy atom. The molecule has 0 aromatic heterocycles. The van der Waals surface area contributed by atoms with Gasteiger partial charge in [0.2, 0.25) is 11.8 Å². The summed E-state index contributed by atoms with van der Waals surface area (Å²) in [5.74, 6) is 0.856. The first-order chi connectivity index (χ1) is 11.5. The van der Waals surface area contributed by atoms with Gasteiger partial charge in [0.1, 0.15) is 6.54 Å². The van der Waals surface area contributed by atoms with Crippen LogP contribution < -0.4 is 14.4 Å². The molecule has 6 nitrogen and oxygen atoms in total. The molecule has 0 N–H and O–H groups in total. The Labute approximate surface area is 144 Å². The van der Waals surface area contributed by atoms with Gasteiger partial charge in [0.15, 0.2) is 11.5 Å². The molecule has 24 heavy (non-hydrogen) atoms. The fourth-order valence-electron chi connectivity index (χ4n) is 2.51. The van der Waals surface area contributed by atoms with E-state index in [1.54, 1.807) is 30.2 Å². The summed E-state index contributed by atoms with van der Waals surface area (Å²) in [5, 5.41) is 0. The highest BCUT2D eigenvalue weighted by Crippen LogP contribution is 2.31. The lowest BCUT2D eigenvalue weighted by Gasteiger charge is -2.27. The van der Waals surface area contributed by atoms with Crippen LogP contribution in [-0.4, -0.2) is 50.6 Å². The number of hydrogen-bond acceptors (Lipinski definition) is 4. The van der Waals surface area contributed by atoms with Crippen LogP contribution in [0.2, 0.25) is 0 Å². The van der Waals surface area contributed by atoms with Crippen molar-refractivity contribution in [3.8, 4) is 11.5 Å². The summed E-state index contributed by atoms with van der Waals surface area (Å²) in [4.78, 5) is 27.9. The highest BCUT2D eigenvalue weighted by atomic mass is 16.5. The maximum Gasteiger partial charge on any atom is 0.242 e. The molecule has 1 aromatic carbocycles. The summed E-state index contributed by atoms with van der Waals surface area (Å²) in [6.07, 6.45) is 1.78. The lowest BCUT2D eigenvalue weighted by atomic mass is 10.2. The van der Waals surface area contributed by atoms with E-state index < -0.39 is 0 Å². The molecule has 0 radical (unpaired) electrons. The lowest BCUT2D eigenvalue weighted by Crippen LogP contribution is -2.43. The van der Waals surface area contributed by atoms with Crippen LogP contribution in [0.3, 0.4) is 0 Å². The molecule has 0 heterocycles. The predicted molar refractivity (Wildman–Crippen MR) is 94.7 cm³/mol. The number of ether oxygens (including phenoxy) is 2. The van der Waals surface area contributed by atoms with Gasteiger partial charge in [-0.2, -0.15) is 0 Å². The Kier molecular flexibility index (Phi) is 8.09. The number of carbonyl (C=O) groups is 2. The van der Waals surface area contributed by atoms with Crippen molar-refractivity contribution in [3.63, 3.8) is 0 Å². The highest BCUT2D eigenvalue weighted by Gasteiger charge is 2.21. The van der Waals surface area contributed by atoms with E-state index >= 15 is 0 Å². The van der Waals surface area contributed by atoms with E-state index in [1.165, 1.54) is 18.9 Å². The van der Waals surface area contributed by atoms with Crippen molar-refractivity contribution in [1.82, 2.24) is 4.90 Å². The molecular formula is C18H28N2O4. The standard InChI is InChI=1S/C18H28N2O4/c1-6-10-19(11-7-2)18(22)13-20(14(3)21)15-8-9-16(23-4)17(12-15)24-5/h8-9,12H,6-7,10-11,13H2,1-5H3. The predicted octanol–water partition coefficient (Wildman–Crippen LogP) is 2.71. The van der Waals surface area contributed by atoms with Gasteiger partial charge in [-0.15, -0.1) is 0 Å². The minimum atomic E-state index is -0.191. The van der Waals surface area contributed by atoms with Gasteiger partial charge in [-0.1, -0.05) is 13.8 Å². The smallest absolute Gasteiger partial charge is 0.242 e. The van der Waals surface area contributed by atoms with Gasteiger partial charge >= 0.3 is 0 Å². The minimum Gasteiger partial charge on any atom is -0.493 e. The molecule has 134 valence electrons. The maximum absolute atomic E-state index is 12.6. The van der Waals surface area contributed by atoms with Gasteiger partial charge in [-0.3, -0.25) is 9.59 Å². The van der Waals surface area contributed by atoms with E-state index in [0.717, 1.165) is 12.8 Å². The molecule has 0 saturated carbocycles. The normalized spacial score (nSPS) is 10.2. The zero-order valence-electron chi connectivity index (χ0n) is 15.3. The second-order valence-corrected chi connectivity index (χ2v) is 5.53. The topological polar surface area (TPSA) is 59.1 Å². The highest BCUT2D eigenvalue weighted by molar-refractivity contribution is 5.97. The molecule has 1 rings (SSSR count). The van der Waals surface area contributed by atoms with Gasteiger partial charge in [0.05, 0.1) is 14.2 Å². The Morgan fingerprint density at radius 2 is 1.58 bits per heavy atom. The van der Waals surface area contributed by atoms with Crippen molar-refractivity contribution in [2.24, 2.45) is 0 Å². The third-order valence-electron chi connectivity index (χ3n) is 3.69. The number of hydrogen-bond donors (Lipinski definition) is 0. The van der Waals surface area contributed by atoms with E-state index in [0.29, 0.717) is 30.3 Å². The average molecular weight is 336 g/mol. The van der Waals surface area contributed by atoms with E-state index in [2.05, 4.69) is 0 Å². The molecule has 1 aromatic rings. The van der Waals surface area contributed by atoms with E-state index in [-0.39, 0.29) is 18.4 Å². The quantitative estimate of drug-likeness (QED) is 0.696. The molecule has 0 aliphatic rings. The molecule has 0 fully saturated rings. The number of anilines is 1. The third kappa shape index (κ3) is 5.15. The molecule has 0 aliphatic carbocycles. The van der Waals surface area contributed by atoms with Gasteiger partial charge in [-0.05, 0) is 25.0 Å². The van der Waals surface area contributed by atoms with Crippen LogP contribution in [0.15, 0.2) is 18.2 Å². The zero-order chi connectivity index (χ0) is 18.1. The lowest BCUT2D eigenvalue weighted by molar-refractivity contribution is -0.131. The Bertz CT molecular complexity index is 554. The number of methoxy groups -OCH3 is 2.